The van der Waals surface area contributed by atoms with Gasteiger partial charge in [0.1, 0.15) is 0 Å². The number of hydrogen-bond donors (Lipinski definition) is 1. The minimum atomic E-state index is -0.102. The van der Waals surface area contributed by atoms with Crippen molar-refractivity contribution in [1.82, 2.24) is 15.3 Å². The van der Waals surface area contributed by atoms with E-state index in [1.54, 1.807) is 23.7 Å². The fourth-order valence-corrected chi connectivity index (χ4v) is 2.93. The van der Waals surface area contributed by atoms with Crippen molar-refractivity contribution in [2.75, 3.05) is 0 Å². The van der Waals surface area contributed by atoms with Gasteiger partial charge in [0.05, 0.1) is 17.9 Å². The lowest BCUT2D eigenvalue weighted by molar-refractivity contribution is 0.0950. The second-order valence-electron chi connectivity index (χ2n) is 5.35. The van der Waals surface area contributed by atoms with Crippen molar-refractivity contribution in [2.24, 2.45) is 0 Å². The number of aromatic nitrogens is 2. The van der Waals surface area contributed by atoms with Gasteiger partial charge in [-0.15, -0.1) is 0 Å². The van der Waals surface area contributed by atoms with E-state index in [2.05, 4.69) is 15.3 Å². The molecule has 2 heterocycles. The Bertz CT molecular complexity index is 828. The summed E-state index contributed by atoms with van der Waals surface area (Å²) in [6.07, 6.45) is 3.31. The largest absolute Gasteiger partial charge is 0.346 e. The third kappa shape index (κ3) is 3.46. The van der Waals surface area contributed by atoms with Crippen LogP contribution in [0.2, 0.25) is 0 Å². The average molecular weight is 323 g/mol. The molecule has 3 aromatic rings. The molecule has 0 spiro atoms. The molecular weight excluding hydrogens is 306 g/mol. The minimum Gasteiger partial charge on any atom is -0.346 e. The summed E-state index contributed by atoms with van der Waals surface area (Å²) in [5.41, 5.74) is 5.55. The van der Waals surface area contributed by atoms with Gasteiger partial charge in [0.15, 0.2) is 0 Å². The number of nitrogens with one attached hydrogen (secondary N) is 1. The lowest BCUT2D eigenvalue weighted by Crippen LogP contribution is -2.24. The van der Waals surface area contributed by atoms with E-state index in [0.29, 0.717) is 12.1 Å². The van der Waals surface area contributed by atoms with Gasteiger partial charge in [-0.2, -0.15) is 11.3 Å². The van der Waals surface area contributed by atoms with Gasteiger partial charge in [-0.25, -0.2) is 0 Å². The number of aryl methyl sites for hydroxylation is 2. The van der Waals surface area contributed by atoms with E-state index >= 15 is 0 Å². The van der Waals surface area contributed by atoms with E-state index in [4.69, 9.17) is 0 Å². The molecular formula is C18H17N3OS. The summed E-state index contributed by atoms with van der Waals surface area (Å²) < 4.78 is 0. The molecule has 1 N–H and O–H groups in total. The zero-order valence-corrected chi connectivity index (χ0v) is 13.9. The Kier molecular flexibility index (Phi) is 4.48. The van der Waals surface area contributed by atoms with Crippen LogP contribution in [0.5, 0.6) is 0 Å². The molecule has 0 saturated carbocycles. The molecule has 4 nitrogen and oxygen atoms in total. The summed E-state index contributed by atoms with van der Waals surface area (Å²) in [5, 5.41) is 6.95. The van der Waals surface area contributed by atoms with Crippen molar-refractivity contribution in [2.45, 2.75) is 20.4 Å². The Morgan fingerprint density at radius 3 is 2.70 bits per heavy atom. The predicted molar refractivity (Wildman–Crippen MR) is 92.4 cm³/mol. The number of amides is 1. The quantitative estimate of drug-likeness (QED) is 0.795. The summed E-state index contributed by atoms with van der Waals surface area (Å²) in [6.45, 7) is 4.39. The number of thiophene rings is 1. The van der Waals surface area contributed by atoms with Gasteiger partial charge >= 0.3 is 0 Å². The highest BCUT2D eigenvalue weighted by atomic mass is 32.1. The molecule has 5 heteroatoms. The number of nitrogens with zero attached hydrogens (tertiary/aromatic N) is 2. The lowest BCUT2D eigenvalue weighted by atomic mass is 10.1. The van der Waals surface area contributed by atoms with Crippen LogP contribution in [0.15, 0.2) is 47.4 Å². The van der Waals surface area contributed by atoms with Gasteiger partial charge in [0.2, 0.25) is 0 Å². The van der Waals surface area contributed by atoms with Gasteiger partial charge in [0.25, 0.3) is 5.91 Å². The van der Waals surface area contributed by atoms with Crippen LogP contribution in [-0.2, 0) is 6.54 Å². The first-order valence-corrected chi connectivity index (χ1v) is 8.27. The third-order valence-electron chi connectivity index (χ3n) is 3.75. The second-order valence-corrected chi connectivity index (χ2v) is 6.13. The Balaban J connectivity index is 1.76. The van der Waals surface area contributed by atoms with Crippen LogP contribution in [0.4, 0.5) is 0 Å². The molecule has 0 bridgehead atoms. The highest BCUT2D eigenvalue weighted by molar-refractivity contribution is 7.08. The van der Waals surface area contributed by atoms with Crippen molar-refractivity contribution in [3.63, 3.8) is 0 Å². The first-order valence-electron chi connectivity index (χ1n) is 7.33. The van der Waals surface area contributed by atoms with Gasteiger partial charge < -0.3 is 5.32 Å². The zero-order valence-electron chi connectivity index (χ0n) is 13.0. The summed E-state index contributed by atoms with van der Waals surface area (Å²) in [7, 11) is 0. The Labute approximate surface area is 139 Å². The van der Waals surface area contributed by atoms with Crippen molar-refractivity contribution < 1.29 is 4.79 Å². The van der Waals surface area contributed by atoms with Gasteiger partial charge in [0, 0.05) is 28.9 Å². The van der Waals surface area contributed by atoms with E-state index in [-0.39, 0.29) is 5.91 Å². The van der Waals surface area contributed by atoms with Crippen molar-refractivity contribution in [3.05, 3.63) is 69.8 Å². The van der Waals surface area contributed by atoms with Crippen LogP contribution >= 0.6 is 11.3 Å². The first kappa shape index (κ1) is 15.4. The van der Waals surface area contributed by atoms with Crippen molar-refractivity contribution in [3.8, 4) is 11.3 Å². The fraction of sp³-hybridized carbons (Fsp3) is 0.167. The maximum Gasteiger partial charge on any atom is 0.251 e. The Morgan fingerprint density at radius 2 is 1.96 bits per heavy atom. The Morgan fingerprint density at radius 1 is 1.13 bits per heavy atom. The van der Waals surface area contributed by atoms with Gasteiger partial charge in [-0.3, -0.25) is 14.8 Å². The number of benzene rings is 1. The molecule has 1 aromatic carbocycles. The molecule has 0 atom stereocenters. The molecule has 23 heavy (non-hydrogen) atoms. The average Bonchev–Trinajstić information content (AvgIpc) is 3.10. The molecule has 0 saturated heterocycles. The monoisotopic (exact) mass is 323 g/mol. The van der Waals surface area contributed by atoms with E-state index in [1.807, 2.05) is 48.9 Å². The summed E-state index contributed by atoms with van der Waals surface area (Å²) in [6, 6.07) is 7.71. The first-order chi connectivity index (χ1) is 11.1. The molecule has 0 radical (unpaired) electrons. The van der Waals surface area contributed by atoms with Crippen LogP contribution < -0.4 is 5.32 Å². The van der Waals surface area contributed by atoms with Crippen LogP contribution in [0.25, 0.3) is 11.3 Å². The van der Waals surface area contributed by atoms with Gasteiger partial charge in [-0.1, -0.05) is 6.07 Å². The van der Waals surface area contributed by atoms with E-state index in [9.17, 15) is 4.79 Å². The van der Waals surface area contributed by atoms with E-state index < -0.39 is 0 Å². The van der Waals surface area contributed by atoms with Crippen LogP contribution in [0, 0.1) is 13.8 Å². The predicted octanol–water partition coefficient (Wildman–Crippen LogP) is 3.75. The number of rotatable bonds is 4. The summed E-state index contributed by atoms with van der Waals surface area (Å²) in [4.78, 5) is 21.1. The SMILES string of the molecule is Cc1ccc(C(=O)NCc2nccnc2-c2ccsc2)cc1C. The molecule has 3 rings (SSSR count). The number of carbonyl (C=O) groups excluding carboxylic acids is 1. The number of hydrogen-bond acceptors (Lipinski definition) is 4. The van der Waals surface area contributed by atoms with Crippen LogP contribution in [-0.4, -0.2) is 15.9 Å². The van der Waals surface area contributed by atoms with Gasteiger partial charge in [-0.05, 0) is 48.6 Å². The molecule has 0 fully saturated rings. The maximum absolute atomic E-state index is 12.3. The fourth-order valence-electron chi connectivity index (χ4n) is 2.29. The summed E-state index contributed by atoms with van der Waals surface area (Å²) >= 11 is 1.61. The van der Waals surface area contributed by atoms with Crippen LogP contribution in [0.1, 0.15) is 27.2 Å². The summed E-state index contributed by atoms with van der Waals surface area (Å²) in [5.74, 6) is -0.102. The van der Waals surface area contributed by atoms with Crippen LogP contribution in [0.3, 0.4) is 0 Å². The minimum absolute atomic E-state index is 0.102. The van der Waals surface area contributed by atoms with E-state index in [1.165, 1.54) is 5.56 Å². The highest BCUT2D eigenvalue weighted by Crippen LogP contribution is 2.22. The second kappa shape index (κ2) is 6.71. The molecule has 2 aromatic heterocycles. The smallest absolute Gasteiger partial charge is 0.251 e. The number of carbonyl (C=O) groups is 1. The molecule has 116 valence electrons. The molecule has 0 aliphatic carbocycles. The van der Waals surface area contributed by atoms with Crippen molar-refractivity contribution in [1.29, 1.82) is 0 Å². The van der Waals surface area contributed by atoms with E-state index in [0.717, 1.165) is 22.5 Å². The molecule has 1 amide bonds. The Hall–Kier alpha value is -2.53. The highest BCUT2D eigenvalue weighted by Gasteiger charge is 2.11. The zero-order chi connectivity index (χ0) is 16.2. The lowest BCUT2D eigenvalue weighted by Gasteiger charge is -2.09. The maximum atomic E-state index is 12.3. The molecule has 0 aliphatic heterocycles. The topological polar surface area (TPSA) is 54.9 Å². The molecule has 0 aliphatic rings. The standard InChI is InChI=1S/C18H17N3OS/c1-12-3-4-14(9-13(12)2)18(22)21-10-16-17(20-7-6-19-16)15-5-8-23-11-15/h3-9,11H,10H2,1-2H3,(H,21,22). The third-order valence-corrected chi connectivity index (χ3v) is 4.44. The normalized spacial score (nSPS) is 10.5. The molecule has 0 unspecified atom stereocenters. The van der Waals surface area contributed by atoms with Crippen molar-refractivity contribution >= 4 is 17.2 Å².